The van der Waals surface area contributed by atoms with Gasteiger partial charge >= 0.3 is 6.09 Å². The van der Waals surface area contributed by atoms with Crippen molar-refractivity contribution < 1.29 is 14.3 Å². The summed E-state index contributed by atoms with van der Waals surface area (Å²) in [4.78, 5) is 18.4. The van der Waals surface area contributed by atoms with Crippen LogP contribution in [-0.2, 0) is 4.74 Å². The minimum Gasteiger partial charge on any atom is -0.410 e. The van der Waals surface area contributed by atoms with E-state index in [9.17, 15) is 4.79 Å². The number of amides is 1. The van der Waals surface area contributed by atoms with Gasteiger partial charge in [-0.25, -0.2) is 4.79 Å². The topological polar surface area (TPSA) is 51.7 Å². The van der Waals surface area contributed by atoms with Crippen LogP contribution in [0, 0.1) is 6.92 Å². The lowest BCUT2D eigenvalue weighted by Crippen LogP contribution is -2.42. The molecular weight excluding hydrogens is 316 g/mol. The van der Waals surface area contributed by atoms with Crippen molar-refractivity contribution in [2.75, 3.05) is 20.3 Å². The van der Waals surface area contributed by atoms with Gasteiger partial charge in [0.25, 0.3) is 0 Å². The molecule has 2 heterocycles. The third kappa shape index (κ3) is 3.57. The average Bonchev–Trinajstić information content (AvgIpc) is 2.55. The van der Waals surface area contributed by atoms with E-state index < -0.39 is 0 Å². The van der Waals surface area contributed by atoms with Gasteiger partial charge in [-0.15, -0.1) is 0 Å². The Balaban J connectivity index is 1.76. The lowest BCUT2D eigenvalue weighted by molar-refractivity contribution is 0.0454. The van der Waals surface area contributed by atoms with Crippen LogP contribution in [0.15, 0.2) is 24.3 Å². The lowest BCUT2D eigenvalue weighted by Gasteiger charge is -2.30. The van der Waals surface area contributed by atoms with Gasteiger partial charge in [-0.05, 0) is 44.0 Å². The molecule has 122 valence electrons. The number of nitrogens with zero attached hydrogens (tertiary/aromatic N) is 2. The first-order chi connectivity index (χ1) is 11.0. The molecule has 0 atom stereocenters. The number of hydrogen-bond donors (Lipinski definition) is 0. The largest absolute Gasteiger partial charge is 0.415 e. The Morgan fingerprint density at radius 1 is 1.35 bits per heavy atom. The Morgan fingerprint density at radius 2 is 2.09 bits per heavy atom. The van der Waals surface area contributed by atoms with Crippen molar-refractivity contribution >= 4 is 28.6 Å². The Bertz CT molecular complexity index is 729. The standard InChI is InChI=1S/C17H19ClN2O3/c1-11-9-15(18)14-10-13(3-4-16(14)19-11)23-17(21)20(2)12-5-7-22-8-6-12/h3-4,9-10,12H,5-8H2,1-2H3. The molecular formula is C17H19ClN2O3. The van der Waals surface area contributed by atoms with Crippen LogP contribution in [0.25, 0.3) is 10.9 Å². The maximum Gasteiger partial charge on any atom is 0.415 e. The lowest BCUT2D eigenvalue weighted by atomic mass is 10.1. The maximum atomic E-state index is 12.3. The highest BCUT2D eigenvalue weighted by atomic mass is 35.5. The van der Waals surface area contributed by atoms with Gasteiger partial charge in [-0.1, -0.05) is 11.6 Å². The van der Waals surface area contributed by atoms with E-state index >= 15 is 0 Å². The van der Waals surface area contributed by atoms with Gasteiger partial charge in [0.05, 0.1) is 10.5 Å². The summed E-state index contributed by atoms with van der Waals surface area (Å²) in [6, 6.07) is 7.25. The highest BCUT2D eigenvalue weighted by Crippen LogP contribution is 2.27. The number of aryl methyl sites for hydroxylation is 1. The molecule has 0 spiro atoms. The van der Waals surface area contributed by atoms with Crippen LogP contribution in [0.4, 0.5) is 4.79 Å². The summed E-state index contributed by atoms with van der Waals surface area (Å²) in [5, 5.41) is 1.37. The molecule has 1 aromatic heterocycles. The number of aromatic nitrogens is 1. The predicted molar refractivity (Wildman–Crippen MR) is 89.1 cm³/mol. The monoisotopic (exact) mass is 334 g/mol. The molecule has 3 rings (SSSR count). The smallest absolute Gasteiger partial charge is 0.410 e. The quantitative estimate of drug-likeness (QED) is 0.838. The zero-order valence-corrected chi connectivity index (χ0v) is 14.0. The molecule has 0 radical (unpaired) electrons. The third-order valence-electron chi connectivity index (χ3n) is 4.09. The number of rotatable bonds is 2. The fourth-order valence-electron chi connectivity index (χ4n) is 2.75. The molecule has 6 heteroatoms. The van der Waals surface area contributed by atoms with Crippen LogP contribution < -0.4 is 4.74 Å². The number of benzene rings is 1. The molecule has 1 aliphatic heterocycles. The van der Waals surface area contributed by atoms with Crippen LogP contribution in [-0.4, -0.2) is 42.3 Å². The van der Waals surface area contributed by atoms with E-state index in [-0.39, 0.29) is 12.1 Å². The molecule has 1 aromatic carbocycles. The average molecular weight is 335 g/mol. The van der Waals surface area contributed by atoms with Crippen LogP contribution in [0.3, 0.4) is 0 Å². The molecule has 0 saturated carbocycles. The summed E-state index contributed by atoms with van der Waals surface area (Å²) >= 11 is 6.25. The fourth-order valence-corrected chi connectivity index (χ4v) is 3.05. The Hall–Kier alpha value is -1.85. The molecule has 2 aromatic rings. The van der Waals surface area contributed by atoms with Gasteiger partial charge in [0, 0.05) is 37.4 Å². The second-order valence-electron chi connectivity index (χ2n) is 5.75. The second-order valence-corrected chi connectivity index (χ2v) is 6.15. The first kappa shape index (κ1) is 16.0. The molecule has 1 amide bonds. The predicted octanol–water partition coefficient (Wildman–Crippen LogP) is 3.81. The Labute approximate surface area is 140 Å². The highest BCUT2D eigenvalue weighted by molar-refractivity contribution is 6.35. The fraction of sp³-hybridized carbons (Fsp3) is 0.412. The van der Waals surface area contributed by atoms with E-state index in [1.165, 1.54) is 0 Å². The summed E-state index contributed by atoms with van der Waals surface area (Å²) < 4.78 is 10.8. The summed E-state index contributed by atoms with van der Waals surface area (Å²) in [6.07, 6.45) is 1.30. The van der Waals surface area contributed by atoms with Gasteiger partial charge in [0.1, 0.15) is 5.75 Å². The molecule has 23 heavy (non-hydrogen) atoms. The second kappa shape index (κ2) is 6.72. The summed E-state index contributed by atoms with van der Waals surface area (Å²) in [5.74, 6) is 0.467. The van der Waals surface area contributed by atoms with Gasteiger partial charge < -0.3 is 14.4 Å². The maximum absolute atomic E-state index is 12.3. The SMILES string of the molecule is Cc1cc(Cl)c2cc(OC(=O)N(C)C3CCOCC3)ccc2n1. The molecule has 1 fully saturated rings. The zero-order valence-electron chi connectivity index (χ0n) is 13.2. The normalized spacial score (nSPS) is 15.6. The zero-order chi connectivity index (χ0) is 16.4. The van der Waals surface area contributed by atoms with E-state index in [0.29, 0.717) is 24.0 Å². The van der Waals surface area contributed by atoms with Crippen molar-refractivity contribution in [2.45, 2.75) is 25.8 Å². The number of hydrogen-bond acceptors (Lipinski definition) is 4. The number of pyridine rings is 1. The van der Waals surface area contributed by atoms with E-state index in [2.05, 4.69) is 4.98 Å². The number of fused-ring (bicyclic) bond motifs is 1. The number of carbonyl (C=O) groups excluding carboxylic acids is 1. The molecule has 0 N–H and O–H groups in total. The van der Waals surface area contributed by atoms with E-state index in [1.807, 2.05) is 13.0 Å². The van der Waals surface area contributed by atoms with Gasteiger partial charge in [0.15, 0.2) is 0 Å². The van der Waals surface area contributed by atoms with Gasteiger partial charge in [-0.3, -0.25) is 4.98 Å². The third-order valence-corrected chi connectivity index (χ3v) is 4.40. The van der Waals surface area contributed by atoms with Crippen molar-refractivity contribution in [3.8, 4) is 5.75 Å². The summed E-state index contributed by atoms with van der Waals surface area (Å²) in [5.41, 5.74) is 1.64. The first-order valence-electron chi connectivity index (χ1n) is 7.64. The highest BCUT2D eigenvalue weighted by Gasteiger charge is 2.24. The Morgan fingerprint density at radius 3 is 2.83 bits per heavy atom. The van der Waals surface area contributed by atoms with E-state index in [4.69, 9.17) is 21.1 Å². The summed E-state index contributed by atoms with van der Waals surface area (Å²) in [6.45, 7) is 3.25. The number of ether oxygens (including phenoxy) is 2. The van der Waals surface area contributed by atoms with Crippen molar-refractivity contribution in [2.24, 2.45) is 0 Å². The van der Waals surface area contributed by atoms with Crippen LogP contribution >= 0.6 is 11.6 Å². The molecule has 0 aliphatic carbocycles. The summed E-state index contributed by atoms with van der Waals surface area (Å²) in [7, 11) is 1.76. The minimum atomic E-state index is -0.368. The van der Waals surface area contributed by atoms with Crippen molar-refractivity contribution in [1.29, 1.82) is 0 Å². The molecule has 5 nitrogen and oxygen atoms in total. The molecule has 1 saturated heterocycles. The van der Waals surface area contributed by atoms with Crippen LogP contribution in [0.2, 0.25) is 5.02 Å². The first-order valence-corrected chi connectivity index (χ1v) is 8.01. The molecule has 1 aliphatic rings. The van der Waals surface area contributed by atoms with Crippen LogP contribution in [0.5, 0.6) is 5.75 Å². The number of carbonyl (C=O) groups is 1. The molecule has 0 bridgehead atoms. The van der Waals surface area contributed by atoms with Crippen molar-refractivity contribution in [1.82, 2.24) is 9.88 Å². The van der Waals surface area contributed by atoms with Crippen molar-refractivity contribution in [3.63, 3.8) is 0 Å². The molecule has 0 unspecified atom stereocenters. The van der Waals surface area contributed by atoms with E-state index in [0.717, 1.165) is 29.4 Å². The van der Waals surface area contributed by atoms with Gasteiger partial charge in [0.2, 0.25) is 0 Å². The van der Waals surface area contributed by atoms with Crippen LogP contribution in [0.1, 0.15) is 18.5 Å². The van der Waals surface area contributed by atoms with E-state index in [1.54, 1.807) is 30.1 Å². The minimum absolute atomic E-state index is 0.157. The van der Waals surface area contributed by atoms with Crippen molar-refractivity contribution in [3.05, 3.63) is 35.0 Å². The Kier molecular flexibility index (Phi) is 4.68. The van der Waals surface area contributed by atoms with Gasteiger partial charge in [-0.2, -0.15) is 0 Å². The number of halogens is 1.